The molecule has 0 saturated carbocycles. The Morgan fingerprint density at radius 1 is 0.829 bits per heavy atom. The van der Waals surface area contributed by atoms with Gasteiger partial charge in [-0.15, -0.1) is 0 Å². The van der Waals surface area contributed by atoms with Gasteiger partial charge >= 0.3 is 5.97 Å². The first kappa shape index (κ1) is 24.6. The van der Waals surface area contributed by atoms with Crippen LogP contribution in [0.3, 0.4) is 0 Å². The Balaban J connectivity index is 1.34. The maximum Gasteiger partial charge on any atom is 0.309 e. The van der Waals surface area contributed by atoms with Crippen molar-refractivity contribution in [2.45, 2.75) is 24.3 Å². The van der Waals surface area contributed by atoms with Gasteiger partial charge in [0.15, 0.2) is 6.61 Å². The highest BCUT2D eigenvalue weighted by Gasteiger charge is 2.33. The van der Waals surface area contributed by atoms with Gasteiger partial charge in [-0.2, -0.15) is 4.31 Å². The summed E-state index contributed by atoms with van der Waals surface area (Å²) in [6.45, 7) is 0.449. The zero-order valence-electron chi connectivity index (χ0n) is 19.3. The van der Waals surface area contributed by atoms with E-state index in [-0.39, 0.29) is 30.5 Å². The molecule has 0 radical (unpaired) electrons. The second kappa shape index (κ2) is 11.3. The van der Waals surface area contributed by atoms with Crippen LogP contribution in [0.4, 0.5) is 5.69 Å². The van der Waals surface area contributed by atoms with E-state index in [1.165, 1.54) is 4.31 Å². The Labute approximate surface area is 206 Å². The monoisotopic (exact) mass is 492 g/mol. The van der Waals surface area contributed by atoms with E-state index >= 15 is 0 Å². The van der Waals surface area contributed by atoms with E-state index in [0.29, 0.717) is 19.4 Å². The molecule has 0 N–H and O–H groups in total. The fraction of sp³-hybridized carbons (Fsp3) is 0.259. The number of piperidine rings is 1. The molecule has 3 aromatic rings. The molecule has 1 aliphatic rings. The van der Waals surface area contributed by atoms with Gasteiger partial charge in [0.2, 0.25) is 10.0 Å². The normalized spacial score (nSPS) is 14.9. The summed E-state index contributed by atoms with van der Waals surface area (Å²) in [5, 5.41) is 0. The lowest BCUT2D eigenvalue weighted by Crippen LogP contribution is -2.41. The number of ether oxygens (including phenoxy) is 1. The Morgan fingerprint density at radius 2 is 1.37 bits per heavy atom. The molecule has 0 aliphatic carbocycles. The van der Waals surface area contributed by atoms with Crippen LogP contribution in [0.15, 0.2) is 95.9 Å². The molecular weight excluding hydrogens is 464 g/mol. The van der Waals surface area contributed by atoms with Crippen LogP contribution in [-0.2, 0) is 30.9 Å². The van der Waals surface area contributed by atoms with Gasteiger partial charge in [-0.1, -0.05) is 66.7 Å². The minimum atomic E-state index is -3.59. The second-order valence-electron chi connectivity index (χ2n) is 8.40. The number of benzene rings is 3. The van der Waals surface area contributed by atoms with Gasteiger partial charge in [-0.3, -0.25) is 9.59 Å². The highest BCUT2D eigenvalue weighted by atomic mass is 32.2. The molecular formula is C27H28N2O5S. The summed E-state index contributed by atoms with van der Waals surface area (Å²) >= 11 is 0. The highest BCUT2D eigenvalue weighted by Crippen LogP contribution is 2.25. The molecule has 7 nitrogen and oxygen atoms in total. The third-order valence-electron chi connectivity index (χ3n) is 6.06. The third kappa shape index (κ3) is 6.15. The van der Waals surface area contributed by atoms with Gasteiger partial charge in [0.25, 0.3) is 5.91 Å². The zero-order chi connectivity index (χ0) is 24.7. The van der Waals surface area contributed by atoms with Crippen molar-refractivity contribution in [3.63, 3.8) is 0 Å². The van der Waals surface area contributed by atoms with Gasteiger partial charge in [0.1, 0.15) is 0 Å². The van der Waals surface area contributed by atoms with E-state index in [0.717, 1.165) is 11.3 Å². The summed E-state index contributed by atoms with van der Waals surface area (Å²) in [5.41, 5.74) is 1.68. The summed E-state index contributed by atoms with van der Waals surface area (Å²) in [4.78, 5) is 27.6. The molecule has 182 valence electrons. The molecule has 1 amide bonds. The predicted octanol–water partition coefficient (Wildman–Crippen LogP) is 3.86. The lowest BCUT2D eigenvalue weighted by Gasteiger charge is -2.30. The van der Waals surface area contributed by atoms with E-state index in [1.807, 2.05) is 60.7 Å². The molecule has 0 atom stereocenters. The topological polar surface area (TPSA) is 84.0 Å². The Kier molecular flexibility index (Phi) is 7.94. The summed E-state index contributed by atoms with van der Waals surface area (Å²) in [6.07, 6.45) is 0.705. The molecule has 1 saturated heterocycles. The van der Waals surface area contributed by atoms with Crippen molar-refractivity contribution in [3.05, 3.63) is 96.6 Å². The maximum atomic E-state index is 13.0. The van der Waals surface area contributed by atoms with Crippen LogP contribution in [0.2, 0.25) is 0 Å². The summed E-state index contributed by atoms with van der Waals surface area (Å²) in [6, 6.07) is 27.1. The number of carbonyl (C=O) groups is 2. The number of hydrogen-bond acceptors (Lipinski definition) is 5. The van der Waals surface area contributed by atoms with Crippen LogP contribution in [0.5, 0.6) is 0 Å². The van der Waals surface area contributed by atoms with Crippen LogP contribution in [0, 0.1) is 5.92 Å². The molecule has 0 aromatic heterocycles. The number of amides is 1. The van der Waals surface area contributed by atoms with Crippen molar-refractivity contribution < 1.29 is 22.7 Å². The molecule has 1 heterocycles. The van der Waals surface area contributed by atoms with Crippen molar-refractivity contribution in [2.75, 3.05) is 24.6 Å². The largest absolute Gasteiger partial charge is 0.455 e. The molecule has 35 heavy (non-hydrogen) atoms. The van der Waals surface area contributed by atoms with Crippen molar-refractivity contribution in [1.82, 2.24) is 4.31 Å². The molecule has 0 unspecified atom stereocenters. The number of para-hydroxylation sites is 1. The number of rotatable bonds is 8. The lowest BCUT2D eigenvalue weighted by molar-refractivity contribution is -0.153. The van der Waals surface area contributed by atoms with E-state index in [4.69, 9.17) is 4.74 Å². The molecule has 4 rings (SSSR count). The molecule has 1 fully saturated rings. The second-order valence-corrected chi connectivity index (χ2v) is 10.3. The summed E-state index contributed by atoms with van der Waals surface area (Å²) in [7, 11) is -3.59. The lowest BCUT2D eigenvalue weighted by atomic mass is 9.98. The average molecular weight is 493 g/mol. The van der Waals surface area contributed by atoms with Crippen LogP contribution in [0.1, 0.15) is 18.4 Å². The van der Waals surface area contributed by atoms with Crippen LogP contribution in [-0.4, -0.2) is 44.3 Å². The fourth-order valence-corrected chi connectivity index (χ4v) is 5.59. The first-order chi connectivity index (χ1) is 16.9. The average Bonchev–Trinajstić information content (AvgIpc) is 2.92. The fourth-order valence-electron chi connectivity index (χ4n) is 4.10. The SMILES string of the molecule is O=C(OCC(=O)N(Cc1ccccc1)c1ccccc1)C1CCN(S(=O)(=O)c2ccccc2)CC1. The molecule has 3 aromatic carbocycles. The van der Waals surface area contributed by atoms with Gasteiger partial charge in [-0.05, 0) is 42.7 Å². The predicted molar refractivity (Wildman–Crippen MR) is 133 cm³/mol. The molecule has 8 heteroatoms. The van der Waals surface area contributed by atoms with Gasteiger partial charge in [-0.25, -0.2) is 8.42 Å². The van der Waals surface area contributed by atoms with Crippen molar-refractivity contribution in [2.24, 2.45) is 5.92 Å². The number of anilines is 1. The smallest absolute Gasteiger partial charge is 0.309 e. The number of carbonyl (C=O) groups excluding carboxylic acids is 2. The van der Waals surface area contributed by atoms with Crippen molar-refractivity contribution in [1.29, 1.82) is 0 Å². The highest BCUT2D eigenvalue weighted by molar-refractivity contribution is 7.89. The number of sulfonamides is 1. The Bertz CT molecular complexity index is 1230. The van der Waals surface area contributed by atoms with Gasteiger partial charge < -0.3 is 9.64 Å². The molecule has 0 bridgehead atoms. The minimum absolute atomic E-state index is 0.231. The molecule has 1 aliphatic heterocycles. The van der Waals surface area contributed by atoms with E-state index in [9.17, 15) is 18.0 Å². The van der Waals surface area contributed by atoms with Crippen LogP contribution >= 0.6 is 0 Å². The summed E-state index contributed by atoms with van der Waals surface area (Å²) in [5.74, 6) is -1.23. The number of esters is 1. The van der Waals surface area contributed by atoms with Gasteiger partial charge in [0, 0.05) is 18.8 Å². The summed E-state index contributed by atoms with van der Waals surface area (Å²) < 4.78 is 32.4. The standard InChI is InChI=1S/C27H28N2O5S/c30-26(29(24-12-6-2-7-13-24)20-22-10-4-1-5-11-22)21-34-27(31)23-16-18-28(19-17-23)35(32,33)25-14-8-3-9-15-25/h1-15,23H,16-21H2. The first-order valence-corrected chi connectivity index (χ1v) is 13.0. The molecule has 0 spiro atoms. The number of nitrogens with zero attached hydrogens (tertiary/aromatic N) is 2. The minimum Gasteiger partial charge on any atom is -0.455 e. The van der Waals surface area contributed by atoms with E-state index in [1.54, 1.807) is 35.2 Å². The zero-order valence-corrected chi connectivity index (χ0v) is 20.1. The van der Waals surface area contributed by atoms with Crippen molar-refractivity contribution in [3.8, 4) is 0 Å². The van der Waals surface area contributed by atoms with E-state index < -0.39 is 21.9 Å². The van der Waals surface area contributed by atoms with Gasteiger partial charge in [0.05, 0.1) is 17.4 Å². The van der Waals surface area contributed by atoms with Crippen molar-refractivity contribution >= 4 is 27.6 Å². The van der Waals surface area contributed by atoms with E-state index in [2.05, 4.69) is 0 Å². The third-order valence-corrected chi connectivity index (χ3v) is 7.97. The quantitative estimate of drug-likeness (QED) is 0.446. The van der Waals surface area contributed by atoms with Crippen LogP contribution < -0.4 is 4.90 Å². The first-order valence-electron chi connectivity index (χ1n) is 11.6. The number of hydrogen-bond donors (Lipinski definition) is 0. The maximum absolute atomic E-state index is 13.0. The Morgan fingerprint density at radius 3 is 1.97 bits per heavy atom. The Hall–Kier alpha value is -3.49. The van der Waals surface area contributed by atoms with Crippen LogP contribution in [0.25, 0.3) is 0 Å².